The first-order chi connectivity index (χ1) is 20.9. The molecule has 1 atom stereocenters. The summed E-state index contributed by atoms with van der Waals surface area (Å²) in [5, 5.41) is 8.86. The van der Waals surface area contributed by atoms with E-state index in [4.69, 9.17) is 9.47 Å². The predicted octanol–water partition coefficient (Wildman–Crippen LogP) is 4.85. The number of amides is 2. The molecular weight excluding hydrogens is 549 g/mol. The van der Waals surface area contributed by atoms with Crippen molar-refractivity contribution in [1.29, 1.82) is 0 Å². The zero-order chi connectivity index (χ0) is 30.3. The van der Waals surface area contributed by atoms with Crippen LogP contribution in [0, 0.1) is 5.82 Å². The minimum Gasteiger partial charge on any atom is -0.497 e. The highest BCUT2D eigenvalue weighted by atomic mass is 19.1. The molecule has 1 aromatic heterocycles. The molecule has 0 N–H and O–H groups in total. The van der Waals surface area contributed by atoms with Crippen LogP contribution >= 0.6 is 0 Å². The maximum absolute atomic E-state index is 13.9. The standard InChI is InChI=1S/C33H34FN5O4/c1-23(24-8-5-4-6-9-24)39(33(41)25-10-7-11-26(34)20-25)22-32(40)38-18-16-37(17-19-38)31-15-14-29(35-36-31)28-13-12-27(42-2)21-30(28)43-3/h4-15,20-21,23H,16-19,22H2,1-3H3/t23-/m1/s1. The number of piperazine rings is 1. The number of benzene rings is 3. The zero-order valence-corrected chi connectivity index (χ0v) is 24.4. The van der Waals surface area contributed by atoms with E-state index in [-0.39, 0.29) is 24.1 Å². The third-order valence-corrected chi connectivity index (χ3v) is 7.68. The summed E-state index contributed by atoms with van der Waals surface area (Å²) in [6, 6.07) is 24.0. The topological polar surface area (TPSA) is 88.1 Å². The molecule has 0 spiro atoms. The minimum absolute atomic E-state index is 0.121. The second-order valence-corrected chi connectivity index (χ2v) is 10.2. The Balaban J connectivity index is 1.25. The quantitative estimate of drug-likeness (QED) is 0.278. The highest BCUT2D eigenvalue weighted by Gasteiger charge is 2.29. The molecule has 222 valence electrons. The lowest BCUT2D eigenvalue weighted by atomic mass is 10.1. The monoisotopic (exact) mass is 583 g/mol. The lowest BCUT2D eigenvalue weighted by molar-refractivity contribution is -0.132. The molecule has 2 amide bonds. The smallest absolute Gasteiger partial charge is 0.254 e. The number of ether oxygens (including phenoxy) is 2. The van der Waals surface area contributed by atoms with Gasteiger partial charge in [-0.2, -0.15) is 0 Å². The number of hydrogen-bond acceptors (Lipinski definition) is 7. The predicted molar refractivity (Wildman–Crippen MR) is 162 cm³/mol. The van der Waals surface area contributed by atoms with Crippen molar-refractivity contribution in [3.8, 4) is 22.8 Å². The van der Waals surface area contributed by atoms with Gasteiger partial charge in [0.1, 0.15) is 23.9 Å². The Hall–Kier alpha value is -4.99. The van der Waals surface area contributed by atoms with Crippen LogP contribution < -0.4 is 14.4 Å². The largest absolute Gasteiger partial charge is 0.497 e. The lowest BCUT2D eigenvalue weighted by Gasteiger charge is -2.37. The normalized spacial score (nSPS) is 13.8. The molecule has 0 unspecified atom stereocenters. The van der Waals surface area contributed by atoms with Gasteiger partial charge >= 0.3 is 0 Å². The Morgan fingerprint density at radius 2 is 1.65 bits per heavy atom. The molecule has 10 heteroatoms. The summed E-state index contributed by atoms with van der Waals surface area (Å²) < 4.78 is 24.7. The highest BCUT2D eigenvalue weighted by molar-refractivity contribution is 5.96. The fourth-order valence-corrected chi connectivity index (χ4v) is 5.16. The van der Waals surface area contributed by atoms with E-state index in [1.54, 1.807) is 31.3 Å². The molecule has 0 saturated carbocycles. The molecule has 5 rings (SSSR count). The molecule has 1 fully saturated rings. The van der Waals surface area contributed by atoms with Crippen LogP contribution in [0.3, 0.4) is 0 Å². The minimum atomic E-state index is -0.500. The van der Waals surface area contributed by atoms with E-state index in [1.807, 2.05) is 61.5 Å². The lowest BCUT2D eigenvalue weighted by Crippen LogP contribution is -2.52. The van der Waals surface area contributed by atoms with Crippen LogP contribution in [0.1, 0.15) is 28.9 Å². The van der Waals surface area contributed by atoms with E-state index >= 15 is 0 Å². The third kappa shape index (κ3) is 6.74. The number of halogens is 1. The molecule has 1 aliphatic rings. The van der Waals surface area contributed by atoms with Crippen LogP contribution in [0.15, 0.2) is 84.9 Å². The SMILES string of the molecule is COc1ccc(-c2ccc(N3CCN(C(=O)CN(C(=O)c4cccc(F)c4)[C@H](C)c4ccccc4)CC3)nn2)c(OC)c1. The second-order valence-electron chi connectivity index (χ2n) is 10.2. The van der Waals surface area contributed by atoms with E-state index in [1.165, 1.54) is 23.1 Å². The van der Waals surface area contributed by atoms with Crippen molar-refractivity contribution in [3.63, 3.8) is 0 Å². The zero-order valence-electron chi connectivity index (χ0n) is 24.4. The summed E-state index contributed by atoms with van der Waals surface area (Å²) in [4.78, 5) is 32.4. The van der Waals surface area contributed by atoms with Crippen LogP contribution in [0.2, 0.25) is 0 Å². The number of anilines is 1. The van der Waals surface area contributed by atoms with Crippen LogP contribution in [0.4, 0.5) is 10.2 Å². The first-order valence-electron chi connectivity index (χ1n) is 14.1. The Morgan fingerprint density at radius 3 is 2.30 bits per heavy atom. The summed E-state index contributed by atoms with van der Waals surface area (Å²) in [7, 11) is 3.20. The summed E-state index contributed by atoms with van der Waals surface area (Å²) in [5.41, 5.74) is 2.57. The number of nitrogens with zero attached hydrogens (tertiary/aromatic N) is 5. The summed E-state index contributed by atoms with van der Waals surface area (Å²) in [5.74, 6) is 0.976. The molecule has 2 heterocycles. The van der Waals surface area contributed by atoms with Crippen LogP contribution in [0.25, 0.3) is 11.3 Å². The van der Waals surface area contributed by atoms with Gasteiger partial charge in [-0.1, -0.05) is 36.4 Å². The third-order valence-electron chi connectivity index (χ3n) is 7.68. The first-order valence-corrected chi connectivity index (χ1v) is 14.1. The van der Waals surface area contributed by atoms with Gasteiger partial charge in [0, 0.05) is 43.4 Å². The average molecular weight is 584 g/mol. The number of hydrogen-bond donors (Lipinski definition) is 0. The van der Waals surface area contributed by atoms with Crippen molar-refractivity contribution < 1.29 is 23.5 Å². The summed E-state index contributed by atoms with van der Waals surface area (Å²) in [6.07, 6.45) is 0. The molecule has 3 aromatic carbocycles. The molecule has 4 aromatic rings. The molecule has 9 nitrogen and oxygen atoms in total. The van der Waals surface area contributed by atoms with Crippen LogP contribution in [-0.2, 0) is 4.79 Å². The van der Waals surface area contributed by atoms with Crippen LogP contribution in [-0.4, -0.2) is 78.8 Å². The maximum Gasteiger partial charge on any atom is 0.254 e. The molecular formula is C33H34FN5O4. The van der Waals surface area contributed by atoms with E-state index in [0.29, 0.717) is 49.2 Å². The molecule has 1 saturated heterocycles. The van der Waals surface area contributed by atoms with Crippen LogP contribution in [0.5, 0.6) is 11.5 Å². The Bertz CT molecular complexity index is 1560. The molecule has 1 aliphatic heterocycles. The van der Waals surface area contributed by atoms with Crippen molar-refractivity contribution in [1.82, 2.24) is 20.0 Å². The van der Waals surface area contributed by atoms with E-state index in [2.05, 4.69) is 15.1 Å². The first kappa shape index (κ1) is 29.5. The van der Waals surface area contributed by atoms with E-state index in [0.717, 1.165) is 11.1 Å². The molecule has 0 bridgehead atoms. The van der Waals surface area contributed by atoms with Gasteiger partial charge in [-0.3, -0.25) is 9.59 Å². The number of aromatic nitrogens is 2. The van der Waals surface area contributed by atoms with Gasteiger partial charge in [-0.05, 0) is 55.0 Å². The van der Waals surface area contributed by atoms with Crippen molar-refractivity contribution in [2.24, 2.45) is 0 Å². The fourth-order valence-electron chi connectivity index (χ4n) is 5.16. The fraction of sp³-hybridized carbons (Fsp3) is 0.273. The molecule has 0 radical (unpaired) electrons. The summed E-state index contributed by atoms with van der Waals surface area (Å²) in [6.45, 7) is 3.83. The highest BCUT2D eigenvalue weighted by Crippen LogP contribution is 2.32. The average Bonchev–Trinajstić information content (AvgIpc) is 3.06. The molecule has 0 aliphatic carbocycles. The van der Waals surface area contributed by atoms with Gasteiger partial charge in [-0.25, -0.2) is 4.39 Å². The number of rotatable bonds is 9. The van der Waals surface area contributed by atoms with Gasteiger partial charge < -0.3 is 24.2 Å². The van der Waals surface area contributed by atoms with E-state index < -0.39 is 11.7 Å². The van der Waals surface area contributed by atoms with Gasteiger partial charge in [0.05, 0.1) is 26.0 Å². The number of methoxy groups -OCH3 is 2. The summed E-state index contributed by atoms with van der Waals surface area (Å²) >= 11 is 0. The van der Waals surface area contributed by atoms with Crippen molar-refractivity contribution in [2.75, 3.05) is 51.8 Å². The number of carbonyl (C=O) groups is 2. The van der Waals surface area contributed by atoms with Gasteiger partial charge in [0.2, 0.25) is 5.91 Å². The number of carbonyl (C=O) groups excluding carboxylic acids is 2. The second kappa shape index (κ2) is 13.3. The van der Waals surface area contributed by atoms with Crippen molar-refractivity contribution in [3.05, 3.63) is 102 Å². The Morgan fingerprint density at radius 1 is 0.884 bits per heavy atom. The van der Waals surface area contributed by atoms with Gasteiger partial charge in [-0.15, -0.1) is 10.2 Å². The Kier molecular flexibility index (Phi) is 9.14. The van der Waals surface area contributed by atoms with E-state index in [9.17, 15) is 14.0 Å². The Labute approximate surface area is 250 Å². The van der Waals surface area contributed by atoms with Crippen molar-refractivity contribution >= 4 is 17.6 Å². The van der Waals surface area contributed by atoms with Crippen molar-refractivity contribution in [2.45, 2.75) is 13.0 Å². The van der Waals surface area contributed by atoms with Gasteiger partial charge in [0.15, 0.2) is 5.82 Å². The van der Waals surface area contributed by atoms with Gasteiger partial charge in [0.25, 0.3) is 5.91 Å². The maximum atomic E-state index is 13.9. The molecule has 43 heavy (non-hydrogen) atoms.